The van der Waals surface area contributed by atoms with Crippen LogP contribution in [-0.2, 0) is 9.59 Å². The summed E-state index contributed by atoms with van der Waals surface area (Å²) >= 11 is 0. The number of aliphatic hydroxyl groups is 1. The van der Waals surface area contributed by atoms with E-state index in [0.29, 0.717) is 6.54 Å². The van der Waals surface area contributed by atoms with Crippen LogP contribution in [0.4, 0.5) is 0 Å². The molecule has 0 bridgehead atoms. The summed E-state index contributed by atoms with van der Waals surface area (Å²) < 4.78 is 5.35. The van der Waals surface area contributed by atoms with Gasteiger partial charge in [0.1, 0.15) is 5.75 Å². The fourth-order valence-corrected chi connectivity index (χ4v) is 4.04. The number of piperazine rings is 1. The minimum absolute atomic E-state index is 0.516. The fraction of sp³-hybridized carbons (Fsp3) is 0.560. The topological polar surface area (TPSA) is 123 Å². The van der Waals surface area contributed by atoms with Gasteiger partial charge in [-0.3, -0.25) is 9.88 Å². The highest BCUT2D eigenvalue weighted by atomic mass is 16.5. The molecule has 1 aliphatic heterocycles. The van der Waals surface area contributed by atoms with E-state index in [0.717, 1.165) is 48.4 Å². The van der Waals surface area contributed by atoms with Gasteiger partial charge in [0.05, 0.1) is 18.7 Å². The summed E-state index contributed by atoms with van der Waals surface area (Å²) in [5, 5.41) is 26.7. The number of aliphatic hydroxyl groups excluding tert-OH is 1. The molecule has 9 heteroatoms. The summed E-state index contributed by atoms with van der Waals surface area (Å²) in [6.07, 6.45) is 7.97. The van der Waals surface area contributed by atoms with Gasteiger partial charge in [0.25, 0.3) is 0 Å². The van der Waals surface area contributed by atoms with E-state index in [1.165, 1.54) is 38.6 Å². The molecule has 0 radical (unpaired) electrons. The average Bonchev–Trinajstić information content (AvgIpc) is 2.84. The monoisotopic (exact) mass is 475 g/mol. The highest BCUT2D eigenvalue weighted by molar-refractivity contribution is 6.27. The lowest BCUT2D eigenvalue weighted by Gasteiger charge is -2.35. The number of pyridine rings is 1. The first kappa shape index (κ1) is 27.5. The molecule has 9 nitrogen and oxygen atoms in total. The number of aromatic nitrogens is 1. The lowest BCUT2D eigenvalue weighted by Crippen LogP contribution is -2.47. The lowest BCUT2D eigenvalue weighted by atomic mass is 10.0. The maximum absolute atomic E-state index is 10.9. The molecule has 0 aliphatic carbocycles. The number of hydrogen-bond donors (Lipinski definition) is 3. The number of methoxy groups -OCH3 is 1. The Morgan fingerprint density at radius 1 is 1.00 bits per heavy atom. The fourth-order valence-electron chi connectivity index (χ4n) is 4.04. The first-order valence-corrected chi connectivity index (χ1v) is 11.9. The maximum atomic E-state index is 10.9. The Labute approximate surface area is 201 Å². The Morgan fingerprint density at radius 3 is 2.26 bits per heavy atom. The Kier molecular flexibility index (Phi) is 11.7. The number of carboxylic acid groups (broad SMARTS) is 2. The van der Waals surface area contributed by atoms with Crippen molar-refractivity contribution in [1.29, 1.82) is 0 Å². The van der Waals surface area contributed by atoms with E-state index in [2.05, 4.69) is 21.7 Å². The summed E-state index contributed by atoms with van der Waals surface area (Å²) in [7, 11) is 1.66. The van der Waals surface area contributed by atoms with E-state index >= 15 is 0 Å². The Bertz CT molecular complexity index is 903. The largest absolute Gasteiger partial charge is 0.497 e. The van der Waals surface area contributed by atoms with Crippen molar-refractivity contribution in [2.75, 3.05) is 46.4 Å². The van der Waals surface area contributed by atoms with Crippen LogP contribution in [0.25, 0.3) is 10.9 Å². The van der Waals surface area contributed by atoms with Gasteiger partial charge < -0.3 is 25.0 Å². The molecule has 1 saturated heterocycles. The van der Waals surface area contributed by atoms with Crippen LogP contribution >= 0.6 is 0 Å². The number of carboxylic acids is 2. The third kappa shape index (κ3) is 8.89. The van der Waals surface area contributed by atoms with Crippen LogP contribution in [0.3, 0.4) is 0 Å². The second kappa shape index (κ2) is 14.5. The molecule has 188 valence electrons. The average molecular weight is 476 g/mol. The molecule has 0 amide bonds. The van der Waals surface area contributed by atoms with Gasteiger partial charge in [0, 0.05) is 44.3 Å². The minimum atomic E-state index is -1.82. The summed E-state index contributed by atoms with van der Waals surface area (Å²) in [5.74, 6) is -2.86. The molecular weight excluding hydrogens is 438 g/mol. The first-order valence-electron chi connectivity index (χ1n) is 11.9. The molecule has 0 spiro atoms. The van der Waals surface area contributed by atoms with Crippen molar-refractivity contribution in [2.24, 2.45) is 0 Å². The number of ether oxygens (including phenoxy) is 1. The number of hydrogen-bond acceptors (Lipinski definition) is 7. The van der Waals surface area contributed by atoms with Gasteiger partial charge in [-0.05, 0) is 42.8 Å². The van der Waals surface area contributed by atoms with Crippen LogP contribution in [0.2, 0.25) is 0 Å². The van der Waals surface area contributed by atoms with Gasteiger partial charge in [-0.15, -0.1) is 0 Å². The lowest BCUT2D eigenvalue weighted by molar-refractivity contribution is -0.159. The Hall–Kier alpha value is -2.75. The third-order valence-corrected chi connectivity index (χ3v) is 6.00. The zero-order valence-corrected chi connectivity index (χ0v) is 20.2. The molecule has 1 atom stereocenters. The van der Waals surface area contributed by atoms with E-state index in [4.69, 9.17) is 24.5 Å². The Morgan fingerprint density at radius 2 is 1.65 bits per heavy atom. The predicted molar refractivity (Wildman–Crippen MR) is 130 cm³/mol. The van der Waals surface area contributed by atoms with Gasteiger partial charge in [-0.25, -0.2) is 9.59 Å². The number of benzene rings is 1. The summed E-state index contributed by atoms with van der Waals surface area (Å²) in [6, 6.07) is 7.76. The van der Waals surface area contributed by atoms with Crippen LogP contribution in [-0.4, -0.2) is 88.4 Å². The quantitative estimate of drug-likeness (QED) is 0.351. The van der Waals surface area contributed by atoms with Gasteiger partial charge >= 0.3 is 11.9 Å². The first-order chi connectivity index (χ1) is 16.3. The van der Waals surface area contributed by atoms with Crippen LogP contribution in [0.1, 0.15) is 50.7 Å². The molecule has 3 N–H and O–H groups in total. The molecule has 0 saturated carbocycles. The van der Waals surface area contributed by atoms with Crippen molar-refractivity contribution in [1.82, 2.24) is 14.8 Å². The number of carbonyl (C=O) groups is 2. The molecule has 1 aromatic carbocycles. The van der Waals surface area contributed by atoms with E-state index in [9.17, 15) is 5.11 Å². The molecule has 1 fully saturated rings. The second-order valence-electron chi connectivity index (χ2n) is 8.47. The van der Waals surface area contributed by atoms with E-state index in [-0.39, 0.29) is 0 Å². The highest BCUT2D eigenvalue weighted by Gasteiger charge is 2.21. The third-order valence-electron chi connectivity index (χ3n) is 6.00. The maximum Gasteiger partial charge on any atom is 0.414 e. The molecule has 0 unspecified atom stereocenters. The van der Waals surface area contributed by atoms with Crippen molar-refractivity contribution in [3.05, 3.63) is 36.0 Å². The van der Waals surface area contributed by atoms with Crippen LogP contribution in [0.5, 0.6) is 5.75 Å². The molecule has 2 heterocycles. The van der Waals surface area contributed by atoms with E-state index in [1.807, 2.05) is 24.3 Å². The van der Waals surface area contributed by atoms with Gasteiger partial charge in [-0.2, -0.15) is 0 Å². The van der Waals surface area contributed by atoms with Crippen LogP contribution in [0.15, 0.2) is 30.5 Å². The molecule has 34 heavy (non-hydrogen) atoms. The number of fused-ring (bicyclic) bond motifs is 1. The van der Waals surface area contributed by atoms with Crippen molar-refractivity contribution < 1.29 is 29.6 Å². The smallest absolute Gasteiger partial charge is 0.414 e. The molecular formula is C25H37N3O6. The minimum Gasteiger partial charge on any atom is -0.497 e. The van der Waals surface area contributed by atoms with Gasteiger partial charge in [-0.1, -0.05) is 32.6 Å². The zero-order valence-electron chi connectivity index (χ0n) is 20.2. The predicted octanol–water partition coefficient (Wildman–Crippen LogP) is 3.02. The standard InChI is InChI=1S/C23H35N3O2.C2H2O4/c1-3-4-5-6-7-12-25-13-15-26(16-14-25)18-23(27)20-10-11-24-22-9-8-19(28-2)17-21(20)22;3-1(4)2(5)6/h8-11,17,23,27H,3-7,12-16,18H2,1-2H3;(H,3,4)(H,5,6)/t23-;/m1./s1. The van der Waals surface area contributed by atoms with Crippen molar-refractivity contribution >= 4 is 22.8 Å². The zero-order chi connectivity index (χ0) is 24.9. The van der Waals surface area contributed by atoms with E-state index < -0.39 is 18.0 Å². The van der Waals surface area contributed by atoms with Crippen molar-refractivity contribution in [2.45, 2.75) is 45.1 Å². The van der Waals surface area contributed by atoms with Crippen molar-refractivity contribution in [3.8, 4) is 5.75 Å². The van der Waals surface area contributed by atoms with Gasteiger partial charge in [0.15, 0.2) is 0 Å². The molecule has 3 rings (SSSR count). The summed E-state index contributed by atoms with van der Waals surface area (Å²) in [6.45, 7) is 8.40. The molecule has 1 aliphatic rings. The summed E-state index contributed by atoms with van der Waals surface area (Å²) in [5.41, 5.74) is 1.83. The molecule has 2 aromatic rings. The molecule has 1 aromatic heterocycles. The van der Waals surface area contributed by atoms with E-state index in [1.54, 1.807) is 13.3 Å². The van der Waals surface area contributed by atoms with Crippen LogP contribution < -0.4 is 4.74 Å². The normalized spacial score (nSPS) is 15.4. The Balaban J connectivity index is 0.000000604. The highest BCUT2D eigenvalue weighted by Crippen LogP contribution is 2.27. The number of aliphatic carboxylic acids is 2. The number of unbranched alkanes of at least 4 members (excludes halogenated alkanes) is 4. The van der Waals surface area contributed by atoms with Gasteiger partial charge in [0.2, 0.25) is 0 Å². The number of β-amino-alcohol motifs (C(OH)–C–C–N with tert-alkyl or cyclic N) is 1. The van der Waals surface area contributed by atoms with Crippen LogP contribution in [0, 0.1) is 0 Å². The number of rotatable bonds is 10. The number of nitrogens with zero attached hydrogens (tertiary/aromatic N) is 3. The SMILES string of the molecule is CCCCCCCN1CCN(C[C@@H](O)c2ccnc3ccc(OC)cc23)CC1.O=C(O)C(=O)O. The summed E-state index contributed by atoms with van der Waals surface area (Å²) in [4.78, 5) is 27.6. The second-order valence-corrected chi connectivity index (χ2v) is 8.47. The van der Waals surface area contributed by atoms with Crippen molar-refractivity contribution in [3.63, 3.8) is 0 Å².